The van der Waals surface area contributed by atoms with Crippen molar-refractivity contribution in [3.05, 3.63) is 29.8 Å². The van der Waals surface area contributed by atoms with E-state index in [-0.39, 0.29) is 24.7 Å². The van der Waals surface area contributed by atoms with Crippen LogP contribution in [-0.2, 0) is 19.1 Å². The van der Waals surface area contributed by atoms with Gasteiger partial charge in [0.1, 0.15) is 12.1 Å². The van der Waals surface area contributed by atoms with Crippen LogP contribution in [0.15, 0.2) is 24.3 Å². The molecule has 1 aliphatic rings. The number of para-hydroxylation sites is 1. The van der Waals surface area contributed by atoms with E-state index in [4.69, 9.17) is 0 Å². The van der Waals surface area contributed by atoms with E-state index in [0.717, 1.165) is 0 Å². The Labute approximate surface area is 138 Å². The van der Waals surface area contributed by atoms with Gasteiger partial charge in [0.2, 0.25) is 11.8 Å². The molecule has 0 saturated heterocycles. The Kier molecular flexibility index (Phi) is 5.51. The van der Waals surface area contributed by atoms with Crippen molar-refractivity contribution in [1.82, 2.24) is 10.6 Å². The highest BCUT2D eigenvalue weighted by atomic mass is 16.5. The molecule has 0 spiro atoms. The molecule has 2 rings (SSSR count). The molecule has 0 bridgehead atoms. The second kappa shape index (κ2) is 7.58. The largest absolute Gasteiger partial charge is 0.467 e. The first-order valence-corrected chi connectivity index (χ1v) is 7.50. The number of nitrogens with one attached hydrogen (secondary N) is 3. The van der Waals surface area contributed by atoms with E-state index in [9.17, 15) is 19.2 Å². The zero-order chi connectivity index (χ0) is 17.7. The molecule has 0 fully saturated rings. The van der Waals surface area contributed by atoms with Crippen LogP contribution in [-0.4, -0.2) is 42.9 Å². The molecule has 0 aliphatic carbocycles. The van der Waals surface area contributed by atoms with Gasteiger partial charge in [0.25, 0.3) is 5.91 Å². The Morgan fingerprint density at radius 2 is 2.00 bits per heavy atom. The van der Waals surface area contributed by atoms with E-state index < -0.39 is 24.0 Å². The van der Waals surface area contributed by atoms with E-state index in [1.165, 1.54) is 14.0 Å². The number of hydrogen-bond donors (Lipinski definition) is 3. The first-order valence-electron chi connectivity index (χ1n) is 7.50. The van der Waals surface area contributed by atoms with E-state index in [0.29, 0.717) is 11.3 Å². The van der Waals surface area contributed by atoms with Gasteiger partial charge in [0, 0.05) is 6.42 Å². The third kappa shape index (κ3) is 4.09. The lowest BCUT2D eigenvalue weighted by molar-refractivity contribution is -0.144. The van der Waals surface area contributed by atoms with Crippen LogP contribution in [0.25, 0.3) is 0 Å². The van der Waals surface area contributed by atoms with Crippen molar-refractivity contribution in [3.63, 3.8) is 0 Å². The summed E-state index contributed by atoms with van der Waals surface area (Å²) in [6, 6.07) is 5.06. The maximum absolute atomic E-state index is 12.2. The third-order valence-corrected chi connectivity index (χ3v) is 3.64. The molecule has 0 saturated carbocycles. The van der Waals surface area contributed by atoms with Crippen LogP contribution in [0.1, 0.15) is 30.1 Å². The quantitative estimate of drug-likeness (QED) is 0.666. The van der Waals surface area contributed by atoms with Crippen molar-refractivity contribution in [2.45, 2.75) is 31.8 Å². The summed E-state index contributed by atoms with van der Waals surface area (Å²) in [4.78, 5) is 47.4. The number of carbonyl (C=O) groups excluding carboxylic acids is 4. The average molecular weight is 333 g/mol. The van der Waals surface area contributed by atoms with Crippen LogP contribution in [0.4, 0.5) is 5.69 Å². The van der Waals surface area contributed by atoms with Gasteiger partial charge in [-0.05, 0) is 25.5 Å². The Hall–Kier alpha value is -2.90. The van der Waals surface area contributed by atoms with Gasteiger partial charge in [-0.3, -0.25) is 14.4 Å². The van der Waals surface area contributed by atoms with E-state index in [1.54, 1.807) is 24.3 Å². The van der Waals surface area contributed by atoms with Crippen LogP contribution in [0.2, 0.25) is 0 Å². The van der Waals surface area contributed by atoms with Crippen molar-refractivity contribution in [1.29, 1.82) is 0 Å². The number of carbonyl (C=O) groups is 4. The maximum Gasteiger partial charge on any atom is 0.328 e. The van der Waals surface area contributed by atoms with Crippen molar-refractivity contribution in [2.24, 2.45) is 0 Å². The zero-order valence-electron chi connectivity index (χ0n) is 13.4. The highest BCUT2D eigenvalue weighted by molar-refractivity contribution is 6.09. The molecule has 0 unspecified atom stereocenters. The molecule has 1 heterocycles. The van der Waals surface area contributed by atoms with E-state index in [1.807, 2.05) is 0 Å². The van der Waals surface area contributed by atoms with Crippen LogP contribution >= 0.6 is 0 Å². The summed E-state index contributed by atoms with van der Waals surface area (Å²) in [5, 5.41) is 7.74. The third-order valence-electron chi connectivity index (χ3n) is 3.64. The molecule has 3 N–H and O–H groups in total. The van der Waals surface area contributed by atoms with Crippen LogP contribution < -0.4 is 16.0 Å². The molecule has 128 valence electrons. The minimum Gasteiger partial charge on any atom is -0.467 e. The van der Waals surface area contributed by atoms with Crippen LogP contribution in [0.3, 0.4) is 0 Å². The predicted molar refractivity (Wildman–Crippen MR) is 85.2 cm³/mol. The Morgan fingerprint density at radius 1 is 1.29 bits per heavy atom. The van der Waals surface area contributed by atoms with E-state index in [2.05, 4.69) is 20.7 Å². The lowest BCUT2D eigenvalue weighted by Gasteiger charge is -2.15. The first kappa shape index (κ1) is 17.5. The molecule has 1 aliphatic heterocycles. The monoisotopic (exact) mass is 333 g/mol. The fraction of sp³-hybridized carbons (Fsp3) is 0.375. The summed E-state index contributed by atoms with van der Waals surface area (Å²) < 4.78 is 4.52. The molecule has 0 aromatic heterocycles. The predicted octanol–water partition coefficient (Wildman–Crippen LogP) is 0.195. The van der Waals surface area contributed by atoms with Crippen molar-refractivity contribution >= 4 is 29.4 Å². The van der Waals surface area contributed by atoms with E-state index >= 15 is 0 Å². The average Bonchev–Trinajstić information content (AvgIpc) is 2.68. The Morgan fingerprint density at radius 3 is 2.71 bits per heavy atom. The normalized spacial score (nSPS) is 17.7. The minimum absolute atomic E-state index is 0.0178. The number of ether oxygens (including phenoxy) is 1. The lowest BCUT2D eigenvalue weighted by atomic mass is 10.1. The standard InChI is InChI=1S/C16H19N3O5/c1-9(16(23)24-2)17-13(20)8-7-12-15(22)18-11-6-4-3-5-10(11)14(21)19-12/h3-6,9,12H,7-8H2,1-2H3,(H,17,20)(H,18,22)(H,19,21)/t9-,12-/m1/s1. The molecule has 1 aromatic carbocycles. The van der Waals surface area contributed by atoms with Gasteiger partial charge in [0.15, 0.2) is 0 Å². The molecular weight excluding hydrogens is 314 g/mol. The number of hydrogen-bond acceptors (Lipinski definition) is 5. The molecule has 8 heteroatoms. The molecule has 3 amide bonds. The zero-order valence-corrected chi connectivity index (χ0v) is 13.4. The molecule has 1 aromatic rings. The second-order valence-corrected chi connectivity index (χ2v) is 5.41. The van der Waals surface area contributed by atoms with Gasteiger partial charge in [-0.2, -0.15) is 0 Å². The lowest BCUT2D eigenvalue weighted by Crippen LogP contribution is -2.43. The van der Waals surface area contributed by atoms with Gasteiger partial charge in [-0.1, -0.05) is 12.1 Å². The molecule has 24 heavy (non-hydrogen) atoms. The number of esters is 1. The number of benzene rings is 1. The number of methoxy groups -OCH3 is 1. The fourth-order valence-corrected chi connectivity index (χ4v) is 2.34. The van der Waals surface area contributed by atoms with Gasteiger partial charge in [-0.25, -0.2) is 4.79 Å². The SMILES string of the molecule is COC(=O)[C@@H](C)NC(=O)CC[C@H]1NC(=O)c2ccccc2NC1=O. The van der Waals surface area contributed by atoms with Gasteiger partial charge >= 0.3 is 5.97 Å². The molecule has 0 radical (unpaired) electrons. The Bertz CT molecular complexity index is 673. The molecule has 8 nitrogen and oxygen atoms in total. The van der Waals surface area contributed by atoms with Crippen molar-refractivity contribution in [3.8, 4) is 0 Å². The summed E-state index contributed by atoms with van der Waals surface area (Å²) >= 11 is 0. The molecule has 2 atom stereocenters. The number of rotatable bonds is 5. The molecular formula is C16H19N3O5. The summed E-state index contributed by atoms with van der Waals surface area (Å²) in [5.41, 5.74) is 0.809. The topological polar surface area (TPSA) is 114 Å². The second-order valence-electron chi connectivity index (χ2n) is 5.41. The van der Waals surface area contributed by atoms with Gasteiger partial charge in [0.05, 0.1) is 18.4 Å². The Balaban J connectivity index is 1.94. The number of amides is 3. The summed E-state index contributed by atoms with van der Waals surface area (Å²) in [7, 11) is 1.23. The number of fused-ring (bicyclic) bond motifs is 1. The highest BCUT2D eigenvalue weighted by Crippen LogP contribution is 2.19. The van der Waals surface area contributed by atoms with Crippen LogP contribution in [0, 0.1) is 0 Å². The summed E-state index contributed by atoms with van der Waals surface area (Å²) in [6.45, 7) is 1.50. The van der Waals surface area contributed by atoms with Crippen LogP contribution in [0.5, 0.6) is 0 Å². The van der Waals surface area contributed by atoms with Gasteiger partial charge in [-0.15, -0.1) is 0 Å². The van der Waals surface area contributed by atoms with Crippen molar-refractivity contribution < 1.29 is 23.9 Å². The summed E-state index contributed by atoms with van der Waals surface area (Å²) in [5.74, 6) is -1.73. The highest BCUT2D eigenvalue weighted by Gasteiger charge is 2.28. The minimum atomic E-state index is -0.830. The van der Waals surface area contributed by atoms with Crippen molar-refractivity contribution in [2.75, 3.05) is 12.4 Å². The fourth-order valence-electron chi connectivity index (χ4n) is 2.34. The van der Waals surface area contributed by atoms with Gasteiger partial charge < -0.3 is 20.7 Å². The maximum atomic E-state index is 12.2. The number of anilines is 1. The summed E-state index contributed by atoms with van der Waals surface area (Å²) in [6.07, 6.45) is 0.0985. The smallest absolute Gasteiger partial charge is 0.328 e. The first-order chi connectivity index (χ1) is 11.4.